The van der Waals surface area contributed by atoms with Crippen LogP contribution >= 0.6 is 15.9 Å². The summed E-state index contributed by atoms with van der Waals surface area (Å²) in [5.74, 6) is 0.382. The van der Waals surface area contributed by atoms with Gasteiger partial charge < -0.3 is 4.74 Å². The smallest absolute Gasteiger partial charge is 0.276 e. The molecule has 4 nitrogen and oxygen atoms in total. The van der Waals surface area contributed by atoms with Crippen molar-refractivity contribution in [2.24, 2.45) is 0 Å². The van der Waals surface area contributed by atoms with Gasteiger partial charge in [-0.15, -0.1) is 0 Å². The summed E-state index contributed by atoms with van der Waals surface area (Å²) >= 11 is 3.54. The van der Waals surface area contributed by atoms with Gasteiger partial charge in [0.05, 0.1) is 10.2 Å². The first-order valence-electron chi connectivity index (χ1n) is 7.14. The van der Waals surface area contributed by atoms with Crippen LogP contribution in [0, 0.1) is 0 Å². The number of hydrogen-bond acceptors (Lipinski definition) is 3. The van der Waals surface area contributed by atoms with E-state index in [1.54, 1.807) is 0 Å². The maximum absolute atomic E-state index is 11.9. The van der Waals surface area contributed by atoms with Crippen LogP contribution in [0.5, 0.6) is 5.75 Å². The summed E-state index contributed by atoms with van der Waals surface area (Å²) in [6.45, 7) is -0.0726. The molecule has 0 radical (unpaired) electrons. The zero-order valence-electron chi connectivity index (χ0n) is 12.3. The lowest BCUT2D eigenvalue weighted by Gasteiger charge is -2.11. The fourth-order valence-corrected chi connectivity index (χ4v) is 2.78. The SMILES string of the molecule is O=C(COc1ccc2ccccc2c1Br)NNc1ccccc1. The first-order valence-corrected chi connectivity index (χ1v) is 7.93. The molecule has 0 unspecified atom stereocenters. The van der Waals surface area contributed by atoms with E-state index >= 15 is 0 Å². The number of amides is 1. The highest BCUT2D eigenvalue weighted by Crippen LogP contribution is 2.32. The molecule has 0 aliphatic heterocycles. The van der Waals surface area contributed by atoms with Crippen molar-refractivity contribution >= 4 is 38.3 Å². The first-order chi connectivity index (χ1) is 11.2. The number of rotatable bonds is 5. The molecular weight excluding hydrogens is 356 g/mol. The molecule has 0 aromatic heterocycles. The highest BCUT2D eigenvalue weighted by molar-refractivity contribution is 9.10. The number of nitrogens with one attached hydrogen (secondary N) is 2. The minimum absolute atomic E-state index is 0.0726. The van der Waals surface area contributed by atoms with Gasteiger partial charge in [0.25, 0.3) is 5.91 Å². The Morgan fingerprint density at radius 2 is 1.70 bits per heavy atom. The molecule has 0 atom stereocenters. The van der Waals surface area contributed by atoms with E-state index < -0.39 is 0 Å². The normalized spacial score (nSPS) is 10.3. The molecule has 3 aromatic rings. The molecule has 5 heteroatoms. The summed E-state index contributed by atoms with van der Waals surface area (Å²) in [6.07, 6.45) is 0. The molecular formula is C18H15BrN2O2. The minimum Gasteiger partial charge on any atom is -0.483 e. The van der Waals surface area contributed by atoms with Crippen LogP contribution in [0.15, 0.2) is 71.2 Å². The second kappa shape index (κ2) is 7.15. The number of hydrogen-bond donors (Lipinski definition) is 2. The van der Waals surface area contributed by atoms with E-state index in [-0.39, 0.29) is 12.5 Å². The van der Waals surface area contributed by atoms with E-state index in [0.717, 1.165) is 20.9 Å². The van der Waals surface area contributed by atoms with Crippen LogP contribution in [0.2, 0.25) is 0 Å². The Hall–Kier alpha value is -2.53. The number of hydrazine groups is 1. The molecule has 0 saturated heterocycles. The number of carbonyl (C=O) groups is 1. The zero-order chi connectivity index (χ0) is 16.1. The van der Waals surface area contributed by atoms with Gasteiger partial charge in [-0.3, -0.25) is 15.6 Å². The largest absolute Gasteiger partial charge is 0.483 e. The Balaban J connectivity index is 1.60. The summed E-state index contributed by atoms with van der Waals surface area (Å²) in [6, 6.07) is 21.2. The van der Waals surface area contributed by atoms with Gasteiger partial charge in [0.15, 0.2) is 6.61 Å². The molecule has 0 spiro atoms. The Bertz CT molecular complexity index is 822. The lowest BCUT2D eigenvalue weighted by atomic mass is 10.1. The Kier molecular flexibility index (Phi) is 4.78. The number of ether oxygens (including phenoxy) is 1. The van der Waals surface area contributed by atoms with Crippen molar-refractivity contribution in [1.29, 1.82) is 0 Å². The third-order valence-electron chi connectivity index (χ3n) is 3.31. The van der Waals surface area contributed by atoms with Crippen LogP contribution in [0.1, 0.15) is 0 Å². The van der Waals surface area contributed by atoms with Crippen LogP contribution in [0.4, 0.5) is 5.69 Å². The number of carbonyl (C=O) groups excluding carboxylic acids is 1. The molecule has 23 heavy (non-hydrogen) atoms. The molecule has 0 bridgehead atoms. The summed E-state index contributed by atoms with van der Waals surface area (Å²) < 4.78 is 6.44. The van der Waals surface area contributed by atoms with E-state index in [0.29, 0.717) is 5.75 Å². The lowest BCUT2D eigenvalue weighted by Crippen LogP contribution is -2.33. The van der Waals surface area contributed by atoms with Gasteiger partial charge in [-0.2, -0.15) is 0 Å². The second-order valence-corrected chi connectivity index (χ2v) is 5.72. The van der Waals surface area contributed by atoms with Crippen molar-refractivity contribution in [2.75, 3.05) is 12.0 Å². The van der Waals surface area contributed by atoms with Gasteiger partial charge in [-0.05, 0) is 44.9 Å². The van der Waals surface area contributed by atoms with Crippen molar-refractivity contribution < 1.29 is 9.53 Å². The van der Waals surface area contributed by atoms with Crippen LogP contribution in [0.25, 0.3) is 10.8 Å². The monoisotopic (exact) mass is 370 g/mol. The Labute approximate surface area is 142 Å². The van der Waals surface area contributed by atoms with E-state index in [2.05, 4.69) is 26.8 Å². The molecule has 2 N–H and O–H groups in total. The predicted octanol–water partition coefficient (Wildman–Crippen LogP) is 4.12. The lowest BCUT2D eigenvalue weighted by molar-refractivity contribution is -0.122. The first kappa shape index (κ1) is 15.4. The molecule has 0 aliphatic rings. The molecule has 3 rings (SSSR count). The van der Waals surface area contributed by atoms with Gasteiger partial charge in [-0.25, -0.2) is 0 Å². The van der Waals surface area contributed by atoms with Gasteiger partial charge >= 0.3 is 0 Å². The summed E-state index contributed by atoms with van der Waals surface area (Å²) in [7, 11) is 0. The number of fused-ring (bicyclic) bond motifs is 1. The third kappa shape index (κ3) is 3.81. The van der Waals surface area contributed by atoms with E-state index in [9.17, 15) is 4.79 Å². The van der Waals surface area contributed by atoms with E-state index in [1.807, 2.05) is 66.7 Å². The van der Waals surface area contributed by atoms with Gasteiger partial charge in [0, 0.05) is 0 Å². The summed E-state index contributed by atoms with van der Waals surface area (Å²) in [4.78, 5) is 11.9. The van der Waals surface area contributed by atoms with Crippen molar-refractivity contribution in [1.82, 2.24) is 5.43 Å². The van der Waals surface area contributed by atoms with Crippen LogP contribution in [-0.4, -0.2) is 12.5 Å². The average molecular weight is 371 g/mol. The van der Waals surface area contributed by atoms with Crippen molar-refractivity contribution in [2.45, 2.75) is 0 Å². The second-order valence-electron chi connectivity index (χ2n) is 4.93. The molecule has 0 aliphatic carbocycles. The fraction of sp³-hybridized carbons (Fsp3) is 0.0556. The Morgan fingerprint density at radius 3 is 2.52 bits per heavy atom. The Morgan fingerprint density at radius 1 is 0.957 bits per heavy atom. The fourth-order valence-electron chi connectivity index (χ4n) is 2.17. The molecule has 0 saturated carbocycles. The van der Waals surface area contributed by atoms with Crippen molar-refractivity contribution in [3.05, 3.63) is 71.2 Å². The topological polar surface area (TPSA) is 50.4 Å². The summed E-state index contributed by atoms with van der Waals surface area (Å²) in [5, 5.41) is 2.16. The van der Waals surface area contributed by atoms with Gasteiger partial charge in [0.2, 0.25) is 0 Å². The maximum Gasteiger partial charge on any atom is 0.276 e. The molecule has 116 valence electrons. The summed E-state index contributed by atoms with van der Waals surface area (Å²) in [5.41, 5.74) is 6.24. The molecule has 1 amide bonds. The van der Waals surface area contributed by atoms with Crippen molar-refractivity contribution in [3.8, 4) is 5.75 Å². The van der Waals surface area contributed by atoms with Crippen LogP contribution < -0.4 is 15.6 Å². The quantitative estimate of drug-likeness (QED) is 0.664. The maximum atomic E-state index is 11.9. The van der Waals surface area contributed by atoms with Crippen LogP contribution in [-0.2, 0) is 4.79 Å². The van der Waals surface area contributed by atoms with Gasteiger partial charge in [-0.1, -0.05) is 48.5 Å². The van der Waals surface area contributed by atoms with Gasteiger partial charge in [0.1, 0.15) is 5.75 Å². The highest BCUT2D eigenvalue weighted by atomic mass is 79.9. The number of anilines is 1. The predicted molar refractivity (Wildman–Crippen MR) is 95.4 cm³/mol. The minimum atomic E-state index is -0.256. The number of halogens is 1. The van der Waals surface area contributed by atoms with Crippen molar-refractivity contribution in [3.63, 3.8) is 0 Å². The van der Waals surface area contributed by atoms with E-state index in [1.165, 1.54) is 0 Å². The van der Waals surface area contributed by atoms with Crippen LogP contribution in [0.3, 0.4) is 0 Å². The average Bonchev–Trinajstić information content (AvgIpc) is 2.60. The molecule has 0 heterocycles. The standard InChI is InChI=1S/C18H15BrN2O2/c19-18-15-9-5-4-6-13(15)10-11-16(18)23-12-17(22)21-20-14-7-2-1-3-8-14/h1-11,20H,12H2,(H,21,22). The number of benzene rings is 3. The highest BCUT2D eigenvalue weighted by Gasteiger charge is 2.08. The zero-order valence-corrected chi connectivity index (χ0v) is 13.8. The third-order valence-corrected chi connectivity index (χ3v) is 4.12. The molecule has 3 aromatic carbocycles. The number of para-hydroxylation sites is 1. The molecule has 0 fully saturated rings. The van der Waals surface area contributed by atoms with E-state index in [4.69, 9.17) is 4.74 Å².